The first kappa shape index (κ1) is 16.3. The Morgan fingerprint density at radius 1 is 1.15 bits per heavy atom. The number of aromatic nitrogens is 6. The molecule has 0 radical (unpaired) electrons. The summed E-state index contributed by atoms with van der Waals surface area (Å²) in [5.41, 5.74) is 2.78. The highest BCUT2D eigenvalue weighted by molar-refractivity contribution is 5.54. The van der Waals surface area contributed by atoms with Crippen LogP contribution < -0.4 is 0 Å². The molecule has 4 aromatic rings. The van der Waals surface area contributed by atoms with E-state index in [9.17, 15) is 0 Å². The summed E-state index contributed by atoms with van der Waals surface area (Å²) in [4.78, 5) is 8.91. The molecule has 3 heterocycles. The van der Waals surface area contributed by atoms with Crippen molar-refractivity contribution in [1.82, 2.24) is 29.9 Å². The van der Waals surface area contributed by atoms with E-state index in [1.165, 1.54) is 0 Å². The fourth-order valence-electron chi connectivity index (χ4n) is 2.66. The van der Waals surface area contributed by atoms with Gasteiger partial charge in [-0.3, -0.25) is 5.10 Å². The van der Waals surface area contributed by atoms with Crippen molar-refractivity contribution in [2.75, 3.05) is 0 Å². The quantitative estimate of drug-likeness (QED) is 0.608. The van der Waals surface area contributed by atoms with Gasteiger partial charge in [0.1, 0.15) is 12.2 Å². The summed E-state index contributed by atoms with van der Waals surface area (Å²) < 4.78 is 7.35. The Bertz CT molecular complexity index is 1010. The van der Waals surface area contributed by atoms with Gasteiger partial charge >= 0.3 is 0 Å². The lowest BCUT2D eigenvalue weighted by Crippen LogP contribution is -2.11. The third-order valence-electron chi connectivity index (χ3n) is 4.14. The molecule has 0 unspecified atom stereocenters. The third-order valence-corrected chi connectivity index (χ3v) is 4.14. The van der Waals surface area contributed by atoms with E-state index in [4.69, 9.17) is 4.52 Å². The Balaban J connectivity index is 1.59. The second kappa shape index (κ2) is 6.25. The lowest BCUT2D eigenvalue weighted by atomic mass is 9.92. The molecular weight excluding hydrogens is 328 g/mol. The van der Waals surface area contributed by atoms with Crippen molar-refractivity contribution in [2.24, 2.45) is 0 Å². The van der Waals surface area contributed by atoms with Gasteiger partial charge in [0.2, 0.25) is 11.7 Å². The zero-order valence-corrected chi connectivity index (χ0v) is 15.0. The zero-order chi connectivity index (χ0) is 18.1. The fourth-order valence-corrected chi connectivity index (χ4v) is 2.66. The molecule has 0 aliphatic carbocycles. The molecule has 1 N–H and O–H groups in total. The van der Waals surface area contributed by atoms with Crippen LogP contribution in [0.1, 0.15) is 32.4 Å². The average molecular weight is 348 g/mol. The van der Waals surface area contributed by atoms with Crippen molar-refractivity contribution in [3.63, 3.8) is 0 Å². The van der Waals surface area contributed by atoms with Crippen LogP contribution in [0.3, 0.4) is 0 Å². The Morgan fingerprint density at radius 2 is 1.96 bits per heavy atom. The summed E-state index contributed by atoms with van der Waals surface area (Å²) in [6.07, 6.45) is 3.63. The van der Waals surface area contributed by atoms with Crippen LogP contribution in [0.25, 0.3) is 22.9 Å². The summed E-state index contributed by atoms with van der Waals surface area (Å²) in [5.74, 6) is 1.86. The van der Waals surface area contributed by atoms with Crippen LogP contribution in [-0.4, -0.2) is 29.9 Å². The predicted molar refractivity (Wildman–Crippen MR) is 97.3 cm³/mol. The van der Waals surface area contributed by atoms with Crippen LogP contribution >= 0.6 is 0 Å². The molecule has 0 saturated carbocycles. The van der Waals surface area contributed by atoms with Gasteiger partial charge in [0, 0.05) is 29.1 Å². The van der Waals surface area contributed by atoms with Gasteiger partial charge in [-0.1, -0.05) is 56.3 Å². The normalized spacial score (nSPS) is 11.8. The summed E-state index contributed by atoms with van der Waals surface area (Å²) >= 11 is 0. The van der Waals surface area contributed by atoms with Gasteiger partial charge in [-0.05, 0) is 6.07 Å². The highest BCUT2D eigenvalue weighted by Crippen LogP contribution is 2.25. The van der Waals surface area contributed by atoms with E-state index < -0.39 is 0 Å². The van der Waals surface area contributed by atoms with Crippen LogP contribution in [0, 0.1) is 0 Å². The van der Waals surface area contributed by atoms with E-state index >= 15 is 0 Å². The second-order valence-corrected chi connectivity index (χ2v) is 7.17. The molecule has 0 saturated heterocycles. The maximum Gasteiger partial charge on any atom is 0.246 e. The molecule has 4 rings (SSSR count). The third kappa shape index (κ3) is 3.15. The highest BCUT2D eigenvalue weighted by Gasteiger charge is 2.19. The van der Waals surface area contributed by atoms with Gasteiger partial charge in [0.25, 0.3) is 0 Å². The lowest BCUT2D eigenvalue weighted by Gasteiger charge is -2.14. The molecule has 0 bridgehead atoms. The van der Waals surface area contributed by atoms with E-state index in [1.54, 1.807) is 6.20 Å². The standard InChI is InChI=1S/C19H20N6O/c1-19(2,3)15-11-14(22-23-15)18-20-9-10-25(18)12-16-21-17(24-26-16)13-7-5-4-6-8-13/h4-11H,12H2,1-3H3,(H,22,23). The second-order valence-electron chi connectivity index (χ2n) is 7.17. The van der Waals surface area contributed by atoms with Crippen molar-refractivity contribution in [3.05, 3.63) is 60.4 Å². The molecule has 0 amide bonds. The molecule has 7 nitrogen and oxygen atoms in total. The number of rotatable bonds is 4. The average Bonchev–Trinajstić information content (AvgIpc) is 3.35. The van der Waals surface area contributed by atoms with E-state index in [2.05, 4.69) is 46.1 Å². The topological polar surface area (TPSA) is 85.4 Å². The number of hydrogen-bond acceptors (Lipinski definition) is 5. The predicted octanol–water partition coefficient (Wildman–Crippen LogP) is 3.67. The van der Waals surface area contributed by atoms with Crippen molar-refractivity contribution in [3.8, 4) is 22.9 Å². The van der Waals surface area contributed by atoms with E-state index in [1.807, 2.05) is 47.2 Å². The molecule has 0 fully saturated rings. The maximum atomic E-state index is 5.40. The van der Waals surface area contributed by atoms with Crippen molar-refractivity contribution >= 4 is 0 Å². The summed E-state index contributed by atoms with van der Waals surface area (Å²) in [5, 5.41) is 11.6. The SMILES string of the molecule is CC(C)(C)c1cc(-c2nccn2Cc2nc(-c3ccccc3)no2)n[nH]1. The minimum Gasteiger partial charge on any atom is -0.337 e. The van der Waals surface area contributed by atoms with Crippen molar-refractivity contribution in [2.45, 2.75) is 32.7 Å². The first-order chi connectivity index (χ1) is 12.5. The molecule has 0 spiro atoms. The van der Waals surface area contributed by atoms with Gasteiger partial charge in [-0.15, -0.1) is 0 Å². The monoisotopic (exact) mass is 348 g/mol. The molecule has 132 valence electrons. The highest BCUT2D eigenvalue weighted by atomic mass is 16.5. The Kier molecular flexibility index (Phi) is 3.91. The Hall–Kier alpha value is -3.22. The van der Waals surface area contributed by atoms with Crippen LogP contribution in [0.4, 0.5) is 0 Å². The van der Waals surface area contributed by atoms with Crippen LogP contribution in [0.15, 0.2) is 53.3 Å². The van der Waals surface area contributed by atoms with Crippen molar-refractivity contribution in [1.29, 1.82) is 0 Å². The number of H-pyrrole nitrogens is 1. The van der Waals surface area contributed by atoms with Gasteiger partial charge < -0.3 is 9.09 Å². The van der Waals surface area contributed by atoms with Gasteiger partial charge in [0.15, 0.2) is 5.82 Å². The number of benzene rings is 1. The first-order valence-corrected chi connectivity index (χ1v) is 8.46. The van der Waals surface area contributed by atoms with Gasteiger partial charge in [-0.2, -0.15) is 10.1 Å². The maximum absolute atomic E-state index is 5.40. The van der Waals surface area contributed by atoms with Gasteiger partial charge in [-0.25, -0.2) is 4.98 Å². The molecule has 0 aliphatic rings. The molecule has 0 atom stereocenters. The number of imidazole rings is 1. The van der Waals surface area contributed by atoms with E-state index in [0.717, 1.165) is 22.8 Å². The lowest BCUT2D eigenvalue weighted by molar-refractivity contribution is 0.372. The molecule has 1 aromatic carbocycles. The van der Waals surface area contributed by atoms with Crippen LogP contribution in [0.5, 0.6) is 0 Å². The van der Waals surface area contributed by atoms with Gasteiger partial charge in [0.05, 0.1) is 0 Å². The van der Waals surface area contributed by atoms with Crippen LogP contribution in [0.2, 0.25) is 0 Å². The van der Waals surface area contributed by atoms with Crippen LogP contribution in [-0.2, 0) is 12.0 Å². The van der Waals surface area contributed by atoms with E-state index in [-0.39, 0.29) is 5.41 Å². The molecule has 7 heteroatoms. The minimum absolute atomic E-state index is 0.000253. The zero-order valence-electron chi connectivity index (χ0n) is 15.0. The molecule has 0 aliphatic heterocycles. The fraction of sp³-hybridized carbons (Fsp3) is 0.263. The first-order valence-electron chi connectivity index (χ1n) is 8.46. The summed E-state index contributed by atoms with van der Waals surface area (Å²) in [6, 6.07) is 11.8. The molecule has 26 heavy (non-hydrogen) atoms. The van der Waals surface area contributed by atoms with E-state index in [0.29, 0.717) is 18.3 Å². The summed E-state index contributed by atoms with van der Waals surface area (Å²) in [6.45, 7) is 6.85. The number of nitrogens with zero attached hydrogens (tertiary/aromatic N) is 5. The van der Waals surface area contributed by atoms with Crippen molar-refractivity contribution < 1.29 is 4.52 Å². The number of aromatic amines is 1. The largest absolute Gasteiger partial charge is 0.337 e. The minimum atomic E-state index is -0.000253. The summed E-state index contributed by atoms with van der Waals surface area (Å²) in [7, 11) is 0. The Labute approximate surface area is 151 Å². The molecule has 3 aromatic heterocycles. The molecular formula is C19H20N6O. The number of nitrogens with one attached hydrogen (secondary N) is 1. The number of hydrogen-bond donors (Lipinski definition) is 1. The smallest absolute Gasteiger partial charge is 0.246 e. The Morgan fingerprint density at radius 3 is 2.69 bits per heavy atom.